The highest BCUT2D eigenvalue weighted by molar-refractivity contribution is 14.0. The lowest BCUT2D eigenvalue weighted by atomic mass is 10.3. The maximum Gasteiger partial charge on any atom is 0.223 e. The van der Waals surface area contributed by atoms with Gasteiger partial charge < -0.3 is 15.5 Å². The van der Waals surface area contributed by atoms with Gasteiger partial charge in [-0.2, -0.15) is 0 Å². The van der Waals surface area contributed by atoms with Crippen molar-refractivity contribution < 1.29 is 4.79 Å². The van der Waals surface area contributed by atoms with Crippen molar-refractivity contribution >= 4 is 47.2 Å². The van der Waals surface area contributed by atoms with E-state index in [-0.39, 0.29) is 29.9 Å². The molecule has 114 valence electrons. The molecule has 0 atom stereocenters. The molecule has 0 unspecified atom stereocenters. The molecule has 0 aliphatic carbocycles. The lowest BCUT2D eigenvalue weighted by Gasteiger charge is -2.13. The molecule has 1 heterocycles. The number of aliphatic imine (C=N–C) groups is 1. The van der Waals surface area contributed by atoms with Crippen molar-refractivity contribution in [2.75, 3.05) is 34.2 Å². The minimum absolute atomic E-state index is 0. The normalized spacial score (nSPS) is 10.7. The number of carbonyl (C=O) groups excluding carboxylic acids is 1. The van der Waals surface area contributed by atoms with Gasteiger partial charge in [-0.05, 0) is 17.9 Å². The Labute approximate surface area is 141 Å². The average Bonchev–Trinajstić information content (AvgIpc) is 2.89. The molecule has 2 N–H and O–H groups in total. The van der Waals surface area contributed by atoms with Gasteiger partial charge in [-0.25, -0.2) is 0 Å². The second-order valence-corrected chi connectivity index (χ2v) is 5.33. The first-order valence-electron chi connectivity index (χ1n) is 6.30. The monoisotopic (exact) mass is 410 g/mol. The van der Waals surface area contributed by atoms with Gasteiger partial charge in [-0.15, -0.1) is 35.3 Å². The van der Waals surface area contributed by atoms with Crippen molar-refractivity contribution in [1.29, 1.82) is 0 Å². The summed E-state index contributed by atoms with van der Waals surface area (Å²) in [6, 6.07) is 4.18. The minimum Gasteiger partial charge on any atom is -0.356 e. The number of thiophene rings is 1. The first-order chi connectivity index (χ1) is 9.13. The molecule has 5 nitrogen and oxygen atoms in total. The third-order valence-electron chi connectivity index (χ3n) is 2.60. The van der Waals surface area contributed by atoms with Crippen LogP contribution in [-0.4, -0.2) is 51.0 Å². The number of guanidine groups is 1. The largest absolute Gasteiger partial charge is 0.356 e. The molecule has 20 heavy (non-hydrogen) atoms. The van der Waals surface area contributed by atoms with E-state index in [4.69, 9.17) is 0 Å². The molecule has 1 amide bonds. The molecule has 7 heteroatoms. The van der Waals surface area contributed by atoms with Gasteiger partial charge in [0.25, 0.3) is 0 Å². The lowest BCUT2D eigenvalue weighted by Crippen LogP contribution is -2.40. The third kappa shape index (κ3) is 7.68. The second-order valence-electron chi connectivity index (χ2n) is 4.29. The lowest BCUT2D eigenvalue weighted by molar-refractivity contribution is -0.128. The van der Waals surface area contributed by atoms with Gasteiger partial charge in [0.2, 0.25) is 5.91 Å². The minimum atomic E-state index is 0. The molecule has 0 spiro atoms. The van der Waals surface area contributed by atoms with E-state index in [2.05, 4.69) is 33.1 Å². The summed E-state index contributed by atoms with van der Waals surface area (Å²) < 4.78 is 0. The van der Waals surface area contributed by atoms with E-state index >= 15 is 0 Å². The van der Waals surface area contributed by atoms with E-state index in [1.807, 2.05) is 0 Å². The molecule has 0 aliphatic heterocycles. The van der Waals surface area contributed by atoms with Crippen molar-refractivity contribution in [1.82, 2.24) is 15.5 Å². The van der Waals surface area contributed by atoms with Crippen molar-refractivity contribution in [3.63, 3.8) is 0 Å². The van der Waals surface area contributed by atoms with E-state index in [9.17, 15) is 4.79 Å². The smallest absolute Gasteiger partial charge is 0.223 e. The second kappa shape index (κ2) is 10.9. The van der Waals surface area contributed by atoms with Crippen LogP contribution in [0.3, 0.4) is 0 Å². The van der Waals surface area contributed by atoms with Gasteiger partial charge in [0.15, 0.2) is 5.96 Å². The summed E-state index contributed by atoms with van der Waals surface area (Å²) in [6.07, 6.45) is 1.45. The predicted octanol–water partition coefficient (Wildman–Crippen LogP) is 1.55. The summed E-state index contributed by atoms with van der Waals surface area (Å²) in [5, 5.41) is 8.44. The Hall–Kier alpha value is -0.830. The number of amides is 1. The number of nitrogens with one attached hydrogen (secondary N) is 2. The van der Waals surface area contributed by atoms with E-state index < -0.39 is 0 Å². The number of halogens is 1. The summed E-state index contributed by atoms with van der Waals surface area (Å²) in [6.45, 7) is 1.43. The fraction of sp³-hybridized carbons (Fsp3) is 0.538. The molecule has 0 radical (unpaired) electrons. The highest BCUT2D eigenvalue weighted by atomic mass is 127. The van der Waals surface area contributed by atoms with Crippen molar-refractivity contribution in [3.05, 3.63) is 22.4 Å². The van der Waals surface area contributed by atoms with Crippen LogP contribution in [0.5, 0.6) is 0 Å². The summed E-state index contributed by atoms with van der Waals surface area (Å²) in [5.41, 5.74) is 0. The Morgan fingerprint density at radius 2 is 2.05 bits per heavy atom. The third-order valence-corrected chi connectivity index (χ3v) is 3.53. The first-order valence-corrected chi connectivity index (χ1v) is 7.18. The highest BCUT2D eigenvalue weighted by Gasteiger charge is 2.04. The number of hydrogen-bond acceptors (Lipinski definition) is 3. The summed E-state index contributed by atoms with van der Waals surface area (Å²) in [5.74, 6) is 0.852. The predicted molar refractivity (Wildman–Crippen MR) is 96.1 cm³/mol. The summed E-state index contributed by atoms with van der Waals surface area (Å²) in [7, 11) is 5.25. The molecule has 0 saturated carbocycles. The van der Waals surface area contributed by atoms with Gasteiger partial charge in [0, 0.05) is 45.5 Å². The summed E-state index contributed by atoms with van der Waals surface area (Å²) >= 11 is 1.76. The molecular formula is C13H23IN4OS. The SMILES string of the molecule is CN=C(NCCC(=O)N(C)C)NCCc1cccs1.I. The molecule has 1 aromatic rings. The van der Waals surface area contributed by atoms with Crippen LogP contribution in [0, 0.1) is 0 Å². The van der Waals surface area contributed by atoms with E-state index in [1.54, 1.807) is 37.4 Å². The molecule has 0 aromatic carbocycles. The Kier molecular flexibility index (Phi) is 10.4. The van der Waals surface area contributed by atoms with Crippen LogP contribution in [0.1, 0.15) is 11.3 Å². The van der Waals surface area contributed by atoms with Crippen LogP contribution in [-0.2, 0) is 11.2 Å². The van der Waals surface area contributed by atoms with Gasteiger partial charge in [0.05, 0.1) is 0 Å². The van der Waals surface area contributed by atoms with Gasteiger partial charge in [0.1, 0.15) is 0 Å². The molecule has 0 saturated heterocycles. The van der Waals surface area contributed by atoms with Crippen LogP contribution >= 0.6 is 35.3 Å². The number of hydrogen-bond donors (Lipinski definition) is 2. The van der Waals surface area contributed by atoms with Crippen LogP contribution in [0.2, 0.25) is 0 Å². The van der Waals surface area contributed by atoms with Crippen LogP contribution in [0.25, 0.3) is 0 Å². The average molecular weight is 410 g/mol. The number of rotatable bonds is 6. The Bertz CT molecular complexity index is 407. The number of carbonyl (C=O) groups is 1. The fourth-order valence-corrected chi connectivity index (χ4v) is 2.20. The van der Waals surface area contributed by atoms with E-state index in [0.717, 1.165) is 18.9 Å². The molecule has 1 aromatic heterocycles. The maximum absolute atomic E-state index is 11.4. The van der Waals surface area contributed by atoms with Gasteiger partial charge >= 0.3 is 0 Å². The standard InChI is InChI=1S/C13H22N4OS.HI/c1-14-13(16-9-7-12(18)17(2)3)15-8-6-11-5-4-10-19-11;/h4-5,10H,6-9H2,1-3H3,(H2,14,15,16);1H. The zero-order valence-corrected chi connectivity index (χ0v) is 15.3. The first kappa shape index (κ1) is 19.2. The zero-order valence-electron chi connectivity index (χ0n) is 12.2. The maximum atomic E-state index is 11.4. The Morgan fingerprint density at radius 3 is 2.60 bits per heavy atom. The Morgan fingerprint density at radius 1 is 1.35 bits per heavy atom. The van der Waals surface area contributed by atoms with Crippen molar-refractivity contribution in [3.8, 4) is 0 Å². The highest BCUT2D eigenvalue weighted by Crippen LogP contribution is 2.07. The van der Waals surface area contributed by atoms with E-state index in [0.29, 0.717) is 13.0 Å². The fourth-order valence-electron chi connectivity index (χ4n) is 1.49. The van der Waals surface area contributed by atoms with E-state index in [1.165, 1.54) is 4.88 Å². The quantitative estimate of drug-likeness (QED) is 0.425. The molecule has 0 fully saturated rings. The molecule has 1 rings (SSSR count). The Balaban J connectivity index is 0.00000361. The zero-order chi connectivity index (χ0) is 14.1. The molecule has 0 aliphatic rings. The van der Waals surface area contributed by atoms with Crippen LogP contribution in [0.4, 0.5) is 0 Å². The van der Waals surface area contributed by atoms with Crippen LogP contribution in [0.15, 0.2) is 22.5 Å². The van der Waals surface area contributed by atoms with Crippen molar-refractivity contribution in [2.45, 2.75) is 12.8 Å². The van der Waals surface area contributed by atoms with Gasteiger partial charge in [-0.3, -0.25) is 9.79 Å². The summed E-state index contributed by atoms with van der Waals surface area (Å²) in [4.78, 5) is 18.5. The molecule has 0 bridgehead atoms. The topological polar surface area (TPSA) is 56.7 Å². The van der Waals surface area contributed by atoms with Gasteiger partial charge in [-0.1, -0.05) is 6.07 Å². The molecular weight excluding hydrogens is 387 g/mol. The van der Waals surface area contributed by atoms with Crippen LogP contribution < -0.4 is 10.6 Å². The number of nitrogens with zero attached hydrogens (tertiary/aromatic N) is 2. The van der Waals surface area contributed by atoms with Crippen molar-refractivity contribution in [2.24, 2.45) is 4.99 Å².